The zero-order chi connectivity index (χ0) is 13.5. The van der Waals surface area contributed by atoms with E-state index in [0.29, 0.717) is 25.3 Å². The fraction of sp³-hybridized carbons (Fsp3) is 0.867. The number of hydrogen-bond donors (Lipinski definition) is 1. The smallest absolute Gasteiger partial charge is 0.229 e. The summed E-state index contributed by atoms with van der Waals surface area (Å²) in [4.78, 5) is 26.1. The number of amides is 2. The first kappa shape index (κ1) is 13.1. The molecule has 0 aromatic heterocycles. The lowest BCUT2D eigenvalue weighted by Crippen LogP contribution is -2.52. The highest BCUT2D eigenvalue weighted by Crippen LogP contribution is 2.45. The molecule has 1 aliphatic heterocycles. The molecule has 2 aliphatic carbocycles. The van der Waals surface area contributed by atoms with Crippen molar-refractivity contribution in [3.63, 3.8) is 0 Å². The molecule has 1 heterocycles. The van der Waals surface area contributed by atoms with Gasteiger partial charge in [-0.1, -0.05) is 19.3 Å². The van der Waals surface area contributed by atoms with Gasteiger partial charge >= 0.3 is 0 Å². The van der Waals surface area contributed by atoms with E-state index in [4.69, 9.17) is 5.73 Å². The first-order valence-electron chi connectivity index (χ1n) is 7.68. The van der Waals surface area contributed by atoms with Gasteiger partial charge in [-0.3, -0.25) is 14.5 Å². The van der Waals surface area contributed by atoms with Gasteiger partial charge < -0.3 is 5.73 Å². The second-order valence-electron chi connectivity index (χ2n) is 6.81. The standard InChI is InChI=1S/C15H24N2O2/c16-12(11-4-5-11)10-17-13(18)8-15(9-14(17)19)6-2-1-3-7-15/h11-12H,1-10,16H2. The lowest BCUT2D eigenvalue weighted by atomic mass is 9.67. The molecule has 1 atom stereocenters. The molecule has 2 saturated carbocycles. The molecule has 0 aromatic rings. The molecule has 0 radical (unpaired) electrons. The van der Waals surface area contributed by atoms with Crippen LogP contribution in [0.15, 0.2) is 0 Å². The molecule has 3 rings (SSSR count). The third kappa shape index (κ3) is 2.69. The van der Waals surface area contributed by atoms with Crippen molar-refractivity contribution in [3.05, 3.63) is 0 Å². The Hall–Kier alpha value is -0.900. The zero-order valence-corrected chi connectivity index (χ0v) is 11.6. The number of imide groups is 1. The Labute approximate surface area is 114 Å². The van der Waals surface area contributed by atoms with Crippen LogP contribution in [0.5, 0.6) is 0 Å². The fourth-order valence-corrected chi connectivity index (χ4v) is 3.78. The molecule has 106 valence electrons. The highest BCUT2D eigenvalue weighted by molar-refractivity contribution is 5.98. The van der Waals surface area contributed by atoms with E-state index in [-0.39, 0.29) is 23.3 Å². The van der Waals surface area contributed by atoms with E-state index in [2.05, 4.69) is 0 Å². The van der Waals surface area contributed by atoms with Crippen molar-refractivity contribution in [2.24, 2.45) is 17.1 Å². The largest absolute Gasteiger partial charge is 0.326 e. The van der Waals surface area contributed by atoms with Crippen LogP contribution in [0.1, 0.15) is 57.8 Å². The topological polar surface area (TPSA) is 63.4 Å². The Morgan fingerprint density at radius 2 is 1.68 bits per heavy atom. The molecule has 2 N–H and O–H groups in total. The van der Waals surface area contributed by atoms with Gasteiger partial charge in [0.2, 0.25) is 11.8 Å². The number of rotatable bonds is 3. The fourth-order valence-electron chi connectivity index (χ4n) is 3.78. The van der Waals surface area contributed by atoms with Gasteiger partial charge in [-0.25, -0.2) is 0 Å². The van der Waals surface area contributed by atoms with E-state index < -0.39 is 0 Å². The maximum absolute atomic E-state index is 12.3. The molecule has 19 heavy (non-hydrogen) atoms. The summed E-state index contributed by atoms with van der Waals surface area (Å²) in [5.74, 6) is 0.578. The van der Waals surface area contributed by atoms with E-state index in [9.17, 15) is 9.59 Å². The zero-order valence-electron chi connectivity index (χ0n) is 11.6. The summed E-state index contributed by atoms with van der Waals surface area (Å²) in [6, 6.07) is -0.00620. The summed E-state index contributed by atoms with van der Waals surface area (Å²) in [7, 11) is 0. The molecule has 1 spiro atoms. The van der Waals surface area contributed by atoms with Crippen molar-refractivity contribution in [1.29, 1.82) is 0 Å². The quantitative estimate of drug-likeness (QED) is 0.791. The minimum Gasteiger partial charge on any atom is -0.326 e. The highest BCUT2D eigenvalue weighted by atomic mass is 16.2. The summed E-state index contributed by atoms with van der Waals surface area (Å²) in [6.45, 7) is 0.443. The van der Waals surface area contributed by atoms with E-state index in [1.165, 1.54) is 24.2 Å². The molecule has 0 aromatic carbocycles. The summed E-state index contributed by atoms with van der Waals surface area (Å²) < 4.78 is 0. The number of hydrogen-bond acceptors (Lipinski definition) is 3. The first-order valence-corrected chi connectivity index (χ1v) is 7.68. The highest BCUT2D eigenvalue weighted by Gasteiger charge is 2.45. The normalized spacial score (nSPS) is 28.8. The SMILES string of the molecule is NC(CN1C(=O)CC2(CCCCC2)CC1=O)C1CC1. The van der Waals surface area contributed by atoms with E-state index in [1.54, 1.807) is 0 Å². The average Bonchev–Trinajstić information content (AvgIpc) is 3.19. The van der Waals surface area contributed by atoms with Crippen LogP contribution in [0, 0.1) is 11.3 Å². The third-order valence-electron chi connectivity index (χ3n) is 5.19. The van der Waals surface area contributed by atoms with E-state index in [0.717, 1.165) is 25.7 Å². The van der Waals surface area contributed by atoms with Gasteiger partial charge in [-0.05, 0) is 37.0 Å². The summed E-state index contributed by atoms with van der Waals surface area (Å²) >= 11 is 0. The molecular weight excluding hydrogens is 240 g/mol. The van der Waals surface area contributed by atoms with Gasteiger partial charge in [0.15, 0.2) is 0 Å². The van der Waals surface area contributed by atoms with Crippen LogP contribution in [-0.4, -0.2) is 29.3 Å². The molecule has 2 amide bonds. The van der Waals surface area contributed by atoms with E-state index >= 15 is 0 Å². The van der Waals surface area contributed by atoms with Gasteiger partial charge in [0.1, 0.15) is 0 Å². The number of carbonyl (C=O) groups is 2. The molecular formula is C15H24N2O2. The molecule has 1 saturated heterocycles. The molecule has 3 fully saturated rings. The van der Waals surface area contributed by atoms with Gasteiger partial charge in [-0.2, -0.15) is 0 Å². The number of nitrogens with two attached hydrogens (primary N) is 1. The second kappa shape index (κ2) is 4.89. The first-order chi connectivity index (χ1) is 9.10. The van der Waals surface area contributed by atoms with Gasteiger partial charge in [0, 0.05) is 25.4 Å². The van der Waals surface area contributed by atoms with Crippen LogP contribution in [0.2, 0.25) is 0 Å². The van der Waals surface area contributed by atoms with Gasteiger partial charge in [0.25, 0.3) is 0 Å². The van der Waals surface area contributed by atoms with Crippen molar-refractivity contribution in [2.45, 2.75) is 63.8 Å². The van der Waals surface area contributed by atoms with Crippen LogP contribution in [0.25, 0.3) is 0 Å². The monoisotopic (exact) mass is 264 g/mol. The third-order valence-corrected chi connectivity index (χ3v) is 5.19. The lowest BCUT2D eigenvalue weighted by Gasteiger charge is -2.42. The second-order valence-corrected chi connectivity index (χ2v) is 6.81. The maximum Gasteiger partial charge on any atom is 0.229 e. The van der Waals surface area contributed by atoms with Gasteiger partial charge in [0.05, 0.1) is 0 Å². The Kier molecular flexibility index (Phi) is 3.37. The van der Waals surface area contributed by atoms with Crippen molar-refractivity contribution in [2.75, 3.05) is 6.54 Å². The minimum atomic E-state index is -0.00735. The van der Waals surface area contributed by atoms with Crippen LogP contribution in [0.4, 0.5) is 0 Å². The van der Waals surface area contributed by atoms with E-state index in [1.807, 2.05) is 0 Å². The van der Waals surface area contributed by atoms with Crippen molar-refractivity contribution < 1.29 is 9.59 Å². The Morgan fingerprint density at radius 1 is 1.11 bits per heavy atom. The van der Waals surface area contributed by atoms with Crippen molar-refractivity contribution >= 4 is 11.8 Å². The predicted octanol–water partition coefficient (Wildman–Crippen LogP) is 1.82. The molecule has 4 nitrogen and oxygen atoms in total. The van der Waals surface area contributed by atoms with Gasteiger partial charge in [-0.15, -0.1) is 0 Å². The van der Waals surface area contributed by atoms with Crippen LogP contribution in [-0.2, 0) is 9.59 Å². The number of piperidine rings is 1. The summed E-state index contributed by atoms with van der Waals surface area (Å²) in [5, 5.41) is 0. The summed E-state index contributed by atoms with van der Waals surface area (Å²) in [5.41, 5.74) is 6.05. The Morgan fingerprint density at radius 3 is 2.21 bits per heavy atom. The molecule has 3 aliphatic rings. The van der Waals surface area contributed by atoms with Crippen LogP contribution < -0.4 is 5.73 Å². The predicted molar refractivity (Wildman–Crippen MR) is 72.2 cm³/mol. The average molecular weight is 264 g/mol. The Balaban J connectivity index is 1.65. The van der Waals surface area contributed by atoms with Crippen molar-refractivity contribution in [1.82, 2.24) is 4.90 Å². The molecule has 1 unspecified atom stereocenters. The number of nitrogens with zero attached hydrogens (tertiary/aromatic N) is 1. The molecule has 0 bridgehead atoms. The van der Waals surface area contributed by atoms with Crippen molar-refractivity contribution in [3.8, 4) is 0 Å². The maximum atomic E-state index is 12.3. The Bertz CT molecular complexity index is 364. The number of likely N-dealkylation sites (tertiary alicyclic amines) is 1. The summed E-state index contributed by atoms with van der Waals surface area (Å²) in [6.07, 6.45) is 9.12. The van der Waals surface area contributed by atoms with Crippen LogP contribution >= 0.6 is 0 Å². The number of carbonyl (C=O) groups excluding carboxylic acids is 2. The van der Waals surface area contributed by atoms with Crippen LogP contribution in [0.3, 0.4) is 0 Å². The lowest BCUT2D eigenvalue weighted by molar-refractivity contribution is -0.155. The minimum absolute atomic E-state index is 0.00620. The molecule has 4 heteroatoms.